The van der Waals surface area contributed by atoms with Gasteiger partial charge in [-0.2, -0.15) is 15.0 Å². The first-order valence-electron chi connectivity index (χ1n) is 8.12. The van der Waals surface area contributed by atoms with Crippen molar-refractivity contribution in [3.63, 3.8) is 0 Å². The van der Waals surface area contributed by atoms with Gasteiger partial charge in [0.05, 0.1) is 0 Å². The molecular weight excluding hydrogens is 338 g/mol. The van der Waals surface area contributed by atoms with Gasteiger partial charge in [-0.1, -0.05) is 25.1 Å². The number of ether oxygens (including phenoxy) is 3. The number of benzene rings is 1. The summed E-state index contributed by atoms with van der Waals surface area (Å²) >= 11 is 0. The third-order valence-electron chi connectivity index (χ3n) is 3.53. The van der Waals surface area contributed by atoms with Gasteiger partial charge < -0.3 is 25.3 Å². The number of nitrogens with two attached hydrogens (primary N) is 1. The summed E-state index contributed by atoms with van der Waals surface area (Å²) in [6.07, 6.45) is 2.08. The van der Waals surface area contributed by atoms with Crippen molar-refractivity contribution in [1.29, 1.82) is 0 Å². The molecular formula is C17H19N5O4. The van der Waals surface area contributed by atoms with Crippen molar-refractivity contribution < 1.29 is 19.0 Å². The normalized spacial score (nSPS) is 13.2. The fraction of sp³-hybridized carbons (Fsp3) is 0.294. The molecule has 2 aromatic rings. The Balaban J connectivity index is 1.69. The summed E-state index contributed by atoms with van der Waals surface area (Å²) in [6, 6.07) is 7.80. The smallest absolute Gasteiger partial charge is 0.377 e. The third kappa shape index (κ3) is 4.38. The highest BCUT2D eigenvalue weighted by Gasteiger charge is 2.17. The predicted molar refractivity (Wildman–Crippen MR) is 93.1 cm³/mol. The predicted octanol–water partition coefficient (Wildman–Crippen LogP) is 1.69. The number of hydrogen-bond acceptors (Lipinski definition) is 9. The highest BCUT2D eigenvalue weighted by atomic mass is 16.6. The van der Waals surface area contributed by atoms with Crippen LogP contribution in [0.1, 0.15) is 18.3 Å². The Bertz CT molecular complexity index is 825. The fourth-order valence-electron chi connectivity index (χ4n) is 2.31. The molecule has 0 radical (unpaired) electrons. The molecule has 0 saturated carbocycles. The lowest BCUT2D eigenvalue weighted by Gasteiger charge is -2.14. The van der Waals surface area contributed by atoms with Gasteiger partial charge in [-0.05, 0) is 18.1 Å². The van der Waals surface area contributed by atoms with Gasteiger partial charge in [0.2, 0.25) is 17.7 Å². The van der Waals surface area contributed by atoms with Crippen LogP contribution in [-0.4, -0.2) is 34.1 Å². The van der Waals surface area contributed by atoms with Crippen LogP contribution >= 0.6 is 0 Å². The Hall–Kier alpha value is -3.36. The van der Waals surface area contributed by atoms with Crippen LogP contribution in [0.3, 0.4) is 0 Å². The zero-order valence-electron chi connectivity index (χ0n) is 14.3. The molecule has 26 heavy (non-hydrogen) atoms. The molecule has 3 rings (SSSR count). The molecule has 1 aliphatic rings. The summed E-state index contributed by atoms with van der Waals surface area (Å²) in [5, 5.41) is 3.12. The average molecular weight is 357 g/mol. The van der Waals surface area contributed by atoms with Gasteiger partial charge in [-0.15, -0.1) is 0 Å². The van der Waals surface area contributed by atoms with Crippen molar-refractivity contribution in [1.82, 2.24) is 15.0 Å². The van der Waals surface area contributed by atoms with E-state index >= 15 is 0 Å². The van der Waals surface area contributed by atoms with Gasteiger partial charge in [-0.3, -0.25) is 0 Å². The first kappa shape index (κ1) is 17.5. The van der Waals surface area contributed by atoms with E-state index in [0.717, 1.165) is 17.7 Å². The van der Waals surface area contributed by atoms with Crippen LogP contribution in [0.5, 0.6) is 0 Å². The first-order chi connectivity index (χ1) is 12.7. The van der Waals surface area contributed by atoms with Gasteiger partial charge >= 0.3 is 5.97 Å². The number of aryl methyl sites for hydroxylation is 1. The van der Waals surface area contributed by atoms with Gasteiger partial charge in [0, 0.05) is 5.69 Å². The quantitative estimate of drug-likeness (QED) is 0.744. The van der Waals surface area contributed by atoms with E-state index in [1.807, 2.05) is 24.3 Å². The van der Waals surface area contributed by atoms with Crippen LogP contribution in [0.15, 0.2) is 36.3 Å². The van der Waals surface area contributed by atoms with Crippen molar-refractivity contribution in [3.05, 3.63) is 47.7 Å². The number of hydrogen-bond donors (Lipinski definition) is 2. The number of nitrogen functional groups attached to an aromatic ring is 1. The number of rotatable bonds is 6. The van der Waals surface area contributed by atoms with E-state index < -0.39 is 5.97 Å². The monoisotopic (exact) mass is 357 g/mol. The third-order valence-corrected chi connectivity index (χ3v) is 3.53. The Morgan fingerprint density at radius 2 is 2.12 bits per heavy atom. The molecule has 1 aromatic carbocycles. The topological polar surface area (TPSA) is 121 Å². The number of para-hydroxylation sites is 1. The fourth-order valence-corrected chi connectivity index (χ4v) is 2.31. The number of nitrogens with one attached hydrogen (secondary N) is 1. The van der Waals surface area contributed by atoms with E-state index in [2.05, 4.69) is 27.2 Å². The number of carbonyl (C=O) groups is 1. The SMILES string of the molecule is CCc1ccccc1Nc1nc(N)nc(COC(=O)C2=COCCO2)n1. The molecule has 0 amide bonds. The molecule has 0 bridgehead atoms. The summed E-state index contributed by atoms with van der Waals surface area (Å²) in [5.41, 5.74) is 7.72. The average Bonchev–Trinajstić information content (AvgIpc) is 2.67. The molecule has 3 N–H and O–H groups in total. The molecule has 1 aromatic heterocycles. The number of carbonyl (C=O) groups excluding carboxylic acids is 1. The van der Waals surface area contributed by atoms with Crippen molar-refractivity contribution in [3.8, 4) is 0 Å². The number of esters is 1. The molecule has 0 saturated heterocycles. The van der Waals surface area contributed by atoms with Gasteiger partial charge in [0.15, 0.2) is 12.4 Å². The van der Waals surface area contributed by atoms with Gasteiger partial charge in [-0.25, -0.2) is 4.79 Å². The van der Waals surface area contributed by atoms with Crippen LogP contribution in [0.4, 0.5) is 17.6 Å². The first-order valence-corrected chi connectivity index (χ1v) is 8.12. The van der Waals surface area contributed by atoms with Crippen LogP contribution in [0, 0.1) is 0 Å². The molecule has 9 heteroatoms. The molecule has 0 aliphatic carbocycles. The minimum Gasteiger partial charge on any atom is -0.493 e. The van der Waals surface area contributed by atoms with E-state index in [4.69, 9.17) is 19.9 Å². The highest BCUT2D eigenvalue weighted by molar-refractivity contribution is 5.86. The largest absolute Gasteiger partial charge is 0.493 e. The summed E-state index contributed by atoms with van der Waals surface area (Å²) in [7, 11) is 0. The van der Waals surface area contributed by atoms with Gasteiger partial charge in [0.1, 0.15) is 19.5 Å². The Labute approximate surface area is 150 Å². The molecule has 9 nitrogen and oxygen atoms in total. The second-order valence-corrected chi connectivity index (χ2v) is 5.35. The van der Waals surface area contributed by atoms with Crippen molar-refractivity contribution >= 4 is 23.6 Å². The number of nitrogens with zero attached hydrogens (tertiary/aromatic N) is 3. The maximum atomic E-state index is 11.9. The van der Waals surface area contributed by atoms with E-state index in [1.165, 1.54) is 6.26 Å². The molecule has 136 valence electrons. The maximum Gasteiger partial charge on any atom is 0.377 e. The Kier molecular flexibility index (Phi) is 5.47. The zero-order valence-corrected chi connectivity index (χ0v) is 14.3. The molecule has 0 spiro atoms. The number of anilines is 3. The lowest BCUT2D eigenvalue weighted by molar-refractivity contribution is -0.146. The molecule has 0 fully saturated rings. The lowest BCUT2D eigenvalue weighted by atomic mass is 10.1. The highest BCUT2D eigenvalue weighted by Crippen LogP contribution is 2.19. The van der Waals surface area contributed by atoms with E-state index in [1.54, 1.807) is 0 Å². The molecule has 0 unspecified atom stereocenters. The summed E-state index contributed by atoms with van der Waals surface area (Å²) < 4.78 is 15.3. The van der Waals surface area contributed by atoms with Crippen LogP contribution in [0.2, 0.25) is 0 Å². The Morgan fingerprint density at radius 1 is 1.27 bits per heavy atom. The summed E-state index contributed by atoms with van der Waals surface area (Å²) in [4.78, 5) is 24.2. The van der Waals surface area contributed by atoms with E-state index in [0.29, 0.717) is 13.2 Å². The molecule has 2 heterocycles. The van der Waals surface area contributed by atoms with Crippen molar-refractivity contribution in [2.45, 2.75) is 20.0 Å². The maximum absolute atomic E-state index is 11.9. The van der Waals surface area contributed by atoms with Crippen molar-refractivity contribution in [2.75, 3.05) is 24.3 Å². The Morgan fingerprint density at radius 3 is 2.88 bits per heavy atom. The summed E-state index contributed by atoms with van der Waals surface area (Å²) in [6.45, 7) is 2.58. The zero-order chi connectivity index (χ0) is 18.4. The van der Waals surface area contributed by atoms with Crippen LogP contribution < -0.4 is 11.1 Å². The standard InChI is InChI=1S/C17H19N5O4/c1-2-11-5-3-4-6-12(11)19-17-21-14(20-16(18)22-17)10-26-15(23)13-9-24-7-8-25-13/h3-6,9H,2,7-8,10H2,1H3,(H3,18,19,20,21,22). The van der Waals surface area contributed by atoms with Crippen LogP contribution in [-0.2, 0) is 32.0 Å². The van der Waals surface area contributed by atoms with E-state index in [-0.39, 0.29) is 30.1 Å². The second-order valence-electron chi connectivity index (χ2n) is 5.35. The number of aromatic nitrogens is 3. The minimum atomic E-state index is -0.658. The second kappa shape index (κ2) is 8.15. The van der Waals surface area contributed by atoms with Crippen LogP contribution in [0.25, 0.3) is 0 Å². The van der Waals surface area contributed by atoms with Gasteiger partial charge in [0.25, 0.3) is 0 Å². The van der Waals surface area contributed by atoms with E-state index in [9.17, 15) is 4.79 Å². The summed E-state index contributed by atoms with van der Waals surface area (Å²) in [5.74, 6) is -0.123. The minimum absolute atomic E-state index is 0.00787. The lowest BCUT2D eigenvalue weighted by Crippen LogP contribution is -2.18. The molecule has 1 aliphatic heterocycles. The van der Waals surface area contributed by atoms with Crippen molar-refractivity contribution in [2.24, 2.45) is 0 Å². The molecule has 0 atom stereocenters.